The summed E-state index contributed by atoms with van der Waals surface area (Å²) in [6.07, 6.45) is 3.08. The SMILES string of the molecule is CCC(N)c1nc(C2CCCN2)no1.Cl. The van der Waals surface area contributed by atoms with Gasteiger partial charge in [0, 0.05) is 0 Å². The molecule has 86 valence electrons. The summed E-state index contributed by atoms with van der Waals surface area (Å²) in [6.45, 7) is 3.04. The Morgan fingerprint density at radius 1 is 1.67 bits per heavy atom. The maximum atomic E-state index is 5.79. The molecule has 0 radical (unpaired) electrons. The number of hydrogen-bond acceptors (Lipinski definition) is 5. The monoisotopic (exact) mass is 232 g/mol. The number of nitrogens with one attached hydrogen (secondary N) is 1. The molecule has 1 saturated heterocycles. The summed E-state index contributed by atoms with van der Waals surface area (Å²) in [6, 6.07) is 0.134. The second kappa shape index (κ2) is 5.44. The molecule has 2 unspecified atom stereocenters. The molecule has 2 rings (SSSR count). The molecule has 0 aliphatic carbocycles. The third-order valence-electron chi connectivity index (χ3n) is 2.59. The van der Waals surface area contributed by atoms with Crippen LogP contribution in [0.2, 0.25) is 0 Å². The molecule has 3 N–H and O–H groups in total. The summed E-state index contributed by atoms with van der Waals surface area (Å²) in [4.78, 5) is 4.30. The molecule has 1 aliphatic heterocycles. The van der Waals surface area contributed by atoms with Crippen molar-refractivity contribution in [3.05, 3.63) is 11.7 Å². The van der Waals surface area contributed by atoms with Crippen LogP contribution in [0.15, 0.2) is 4.52 Å². The highest BCUT2D eigenvalue weighted by molar-refractivity contribution is 5.85. The molecule has 2 atom stereocenters. The summed E-state index contributed by atoms with van der Waals surface area (Å²) in [7, 11) is 0. The molecule has 0 saturated carbocycles. The van der Waals surface area contributed by atoms with Crippen LogP contribution in [0.4, 0.5) is 0 Å². The standard InChI is InChI=1S/C9H16N4O.ClH/c1-2-6(10)9-12-8(13-14-9)7-4-3-5-11-7;/h6-7,11H,2-5,10H2,1H3;1H. The van der Waals surface area contributed by atoms with Gasteiger partial charge >= 0.3 is 0 Å². The number of nitrogens with two attached hydrogens (primary N) is 1. The summed E-state index contributed by atoms with van der Waals surface area (Å²) in [5.41, 5.74) is 5.79. The van der Waals surface area contributed by atoms with E-state index in [4.69, 9.17) is 10.3 Å². The van der Waals surface area contributed by atoms with Gasteiger partial charge in [0.1, 0.15) is 0 Å². The van der Waals surface area contributed by atoms with E-state index in [1.807, 2.05) is 6.92 Å². The molecule has 0 spiro atoms. The second-order valence-electron chi connectivity index (χ2n) is 3.65. The fourth-order valence-electron chi connectivity index (χ4n) is 1.62. The van der Waals surface area contributed by atoms with Gasteiger partial charge < -0.3 is 15.6 Å². The first-order valence-corrected chi connectivity index (χ1v) is 5.13. The zero-order valence-electron chi connectivity index (χ0n) is 8.77. The maximum absolute atomic E-state index is 5.79. The number of halogens is 1. The minimum absolute atomic E-state index is 0. The minimum Gasteiger partial charge on any atom is -0.338 e. The van der Waals surface area contributed by atoms with Crippen molar-refractivity contribution < 1.29 is 4.52 Å². The minimum atomic E-state index is -0.127. The number of rotatable bonds is 3. The molecule has 1 aliphatic rings. The van der Waals surface area contributed by atoms with Crippen LogP contribution in [0.5, 0.6) is 0 Å². The van der Waals surface area contributed by atoms with E-state index in [-0.39, 0.29) is 24.5 Å². The van der Waals surface area contributed by atoms with Crippen LogP contribution in [0.1, 0.15) is 50.0 Å². The van der Waals surface area contributed by atoms with Crippen LogP contribution < -0.4 is 11.1 Å². The van der Waals surface area contributed by atoms with E-state index in [0.717, 1.165) is 25.2 Å². The summed E-state index contributed by atoms with van der Waals surface area (Å²) < 4.78 is 5.10. The van der Waals surface area contributed by atoms with Gasteiger partial charge in [0.2, 0.25) is 5.89 Å². The van der Waals surface area contributed by atoms with Gasteiger partial charge in [-0.25, -0.2) is 0 Å². The maximum Gasteiger partial charge on any atom is 0.243 e. The van der Waals surface area contributed by atoms with Crippen LogP contribution in [0.3, 0.4) is 0 Å². The van der Waals surface area contributed by atoms with Crippen molar-refractivity contribution in [2.24, 2.45) is 5.73 Å². The Morgan fingerprint density at radius 2 is 2.47 bits per heavy atom. The predicted molar refractivity (Wildman–Crippen MR) is 58.7 cm³/mol. The molecule has 1 aromatic heterocycles. The molecule has 5 nitrogen and oxygen atoms in total. The molecule has 0 aromatic carbocycles. The summed E-state index contributed by atoms with van der Waals surface area (Å²) in [5.74, 6) is 1.30. The Morgan fingerprint density at radius 3 is 3.07 bits per heavy atom. The van der Waals surface area contributed by atoms with Gasteiger partial charge in [-0.15, -0.1) is 12.4 Å². The van der Waals surface area contributed by atoms with E-state index in [2.05, 4.69) is 15.5 Å². The molecule has 1 fully saturated rings. The smallest absolute Gasteiger partial charge is 0.243 e. The van der Waals surface area contributed by atoms with Gasteiger partial charge in [0.05, 0.1) is 12.1 Å². The number of aromatic nitrogens is 2. The topological polar surface area (TPSA) is 77.0 Å². The van der Waals surface area contributed by atoms with Crippen molar-refractivity contribution in [2.45, 2.75) is 38.3 Å². The quantitative estimate of drug-likeness (QED) is 0.822. The summed E-state index contributed by atoms with van der Waals surface area (Å²) in [5, 5.41) is 7.26. The van der Waals surface area contributed by atoms with Gasteiger partial charge in [-0.3, -0.25) is 0 Å². The highest BCUT2D eigenvalue weighted by Crippen LogP contribution is 2.21. The highest BCUT2D eigenvalue weighted by atomic mass is 35.5. The lowest BCUT2D eigenvalue weighted by atomic mass is 10.2. The van der Waals surface area contributed by atoms with Gasteiger partial charge in [0.15, 0.2) is 5.82 Å². The van der Waals surface area contributed by atoms with E-state index in [1.54, 1.807) is 0 Å². The highest BCUT2D eigenvalue weighted by Gasteiger charge is 2.22. The lowest BCUT2D eigenvalue weighted by Gasteiger charge is -2.02. The third-order valence-corrected chi connectivity index (χ3v) is 2.59. The first-order valence-electron chi connectivity index (χ1n) is 5.13. The molecule has 1 aromatic rings. The molecule has 15 heavy (non-hydrogen) atoms. The molecule has 2 heterocycles. The van der Waals surface area contributed by atoms with Gasteiger partial charge in [-0.1, -0.05) is 12.1 Å². The van der Waals surface area contributed by atoms with Crippen molar-refractivity contribution in [1.82, 2.24) is 15.5 Å². The molecule has 6 heteroatoms. The fourth-order valence-corrected chi connectivity index (χ4v) is 1.62. The van der Waals surface area contributed by atoms with Gasteiger partial charge in [-0.05, 0) is 25.8 Å². The van der Waals surface area contributed by atoms with Crippen molar-refractivity contribution in [1.29, 1.82) is 0 Å². The fraction of sp³-hybridized carbons (Fsp3) is 0.778. The average Bonchev–Trinajstić information content (AvgIpc) is 2.86. The van der Waals surface area contributed by atoms with E-state index in [9.17, 15) is 0 Å². The average molecular weight is 233 g/mol. The Hall–Kier alpha value is -0.650. The van der Waals surface area contributed by atoms with Crippen molar-refractivity contribution >= 4 is 12.4 Å². The zero-order valence-corrected chi connectivity index (χ0v) is 9.59. The van der Waals surface area contributed by atoms with E-state index < -0.39 is 0 Å². The van der Waals surface area contributed by atoms with Crippen LogP contribution in [-0.4, -0.2) is 16.7 Å². The van der Waals surface area contributed by atoms with Gasteiger partial charge in [0.25, 0.3) is 0 Å². The van der Waals surface area contributed by atoms with Crippen LogP contribution >= 0.6 is 12.4 Å². The Balaban J connectivity index is 0.00000112. The van der Waals surface area contributed by atoms with E-state index in [0.29, 0.717) is 5.89 Å². The van der Waals surface area contributed by atoms with Crippen molar-refractivity contribution in [3.8, 4) is 0 Å². The Kier molecular flexibility index (Phi) is 4.50. The first-order chi connectivity index (χ1) is 6.81. The van der Waals surface area contributed by atoms with Crippen LogP contribution in [0, 0.1) is 0 Å². The number of hydrogen-bond donors (Lipinski definition) is 2. The third kappa shape index (κ3) is 2.68. The zero-order chi connectivity index (χ0) is 9.97. The lowest BCUT2D eigenvalue weighted by molar-refractivity contribution is 0.345. The number of nitrogens with zero attached hydrogens (tertiary/aromatic N) is 2. The van der Waals surface area contributed by atoms with Crippen molar-refractivity contribution in [3.63, 3.8) is 0 Å². The lowest BCUT2D eigenvalue weighted by Crippen LogP contribution is -2.15. The molecular formula is C9H17ClN4O. The van der Waals surface area contributed by atoms with Crippen LogP contribution in [0.25, 0.3) is 0 Å². The van der Waals surface area contributed by atoms with Crippen molar-refractivity contribution in [2.75, 3.05) is 6.54 Å². The first kappa shape index (κ1) is 12.4. The van der Waals surface area contributed by atoms with E-state index in [1.165, 1.54) is 6.42 Å². The summed E-state index contributed by atoms with van der Waals surface area (Å²) >= 11 is 0. The second-order valence-corrected chi connectivity index (χ2v) is 3.65. The largest absolute Gasteiger partial charge is 0.338 e. The van der Waals surface area contributed by atoms with E-state index >= 15 is 0 Å². The molecular weight excluding hydrogens is 216 g/mol. The Bertz CT molecular complexity index is 298. The normalized spacial score (nSPS) is 22.4. The van der Waals surface area contributed by atoms with Gasteiger partial charge in [-0.2, -0.15) is 4.98 Å². The molecule has 0 bridgehead atoms. The predicted octanol–water partition coefficient (Wildman–Crippen LogP) is 1.33. The molecule has 0 amide bonds. The Labute approximate surface area is 95.2 Å². The van der Waals surface area contributed by atoms with Crippen LogP contribution in [-0.2, 0) is 0 Å².